The Kier molecular flexibility index (Phi) is 1.87. The van der Waals surface area contributed by atoms with Gasteiger partial charge in [0, 0.05) is 11.9 Å². The molecule has 1 aromatic rings. The number of rotatable bonds is 1. The van der Waals surface area contributed by atoms with E-state index in [1.807, 2.05) is 0 Å². The molecule has 0 fully saturated rings. The van der Waals surface area contributed by atoms with Crippen LogP contribution in [0.3, 0.4) is 0 Å². The normalized spacial score (nSPS) is 15.9. The Morgan fingerprint density at radius 1 is 1.15 bits per heavy atom. The summed E-state index contributed by atoms with van der Waals surface area (Å²) in [5.74, 6) is 0. The van der Waals surface area contributed by atoms with Gasteiger partial charge in [-0.2, -0.15) is 0 Å². The standard InChI is InChI=1S/C12H15N/c1-8-5-4-6-11(8)12-10(3)9(2)7-13-12/h5-7,13H,4H2,1-3H3. The van der Waals surface area contributed by atoms with Gasteiger partial charge in [0.2, 0.25) is 0 Å². The summed E-state index contributed by atoms with van der Waals surface area (Å²) in [6, 6.07) is 0. The second-order valence-electron chi connectivity index (χ2n) is 3.71. The lowest BCUT2D eigenvalue weighted by molar-refractivity contribution is 1.31. The van der Waals surface area contributed by atoms with Crippen molar-refractivity contribution >= 4 is 5.57 Å². The van der Waals surface area contributed by atoms with Crippen LogP contribution in [0, 0.1) is 13.8 Å². The summed E-state index contributed by atoms with van der Waals surface area (Å²) in [6.07, 6.45) is 7.72. The summed E-state index contributed by atoms with van der Waals surface area (Å²) in [6.45, 7) is 6.49. The number of hydrogen-bond donors (Lipinski definition) is 1. The summed E-state index contributed by atoms with van der Waals surface area (Å²) in [4.78, 5) is 3.34. The largest absolute Gasteiger partial charge is 0.361 e. The highest BCUT2D eigenvalue weighted by Gasteiger charge is 2.12. The maximum atomic E-state index is 3.34. The van der Waals surface area contributed by atoms with E-state index in [4.69, 9.17) is 0 Å². The highest BCUT2D eigenvalue weighted by molar-refractivity contribution is 5.80. The van der Waals surface area contributed by atoms with Gasteiger partial charge in [0.05, 0.1) is 0 Å². The molecule has 1 aliphatic carbocycles. The van der Waals surface area contributed by atoms with Crippen molar-refractivity contribution in [1.82, 2.24) is 4.98 Å². The summed E-state index contributed by atoms with van der Waals surface area (Å²) in [7, 11) is 0. The van der Waals surface area contributed by atoms with E-state index >= 15 is 0 Å². The first kappa shape index (κ1) is 8.36. The van der Waals surface area contributed by atoms with E-state index in [0.29, 0.717) is 0 Å². The summed E-state index contributed by atoms with van der Waals surface area (Å²) in [5.41, 5.74) is 6.79. The first-order valence-corrected chi connectivity index (χ1v) is 4.72. The molecule has 0 saturated heterocycles. The SMILES string of the molecule is CC1=CCC=C1c1[nH]cc(C)c1C. The molecule has 1 heteroatoms. The van der Waals surface area contributed by atoms with Gasteiger partial charge in [-0.25, -0.2) is 0 Å². The zero-order chi connectivity index (χ0) is 9.42. The molecule has 1 N–H and O–H groups in total. The van der Waals surface area contributed by atoms with Crippen LogP contribution in [0.4, 0.5) is 0 Å². The van der Waals surface area contributed by atoms with E-state index in [1.165, 1.54) is 28.0 Å². The van der Waals surface area contributed by atoms with Crippen LogP contribution in [0.2, 0.25) is 0 Å². The molecule has 0 saturated carbocycles. The van der Waals surface area contributed by atoms with Gasteiger partial charge in [0.1, 0.15) is 0 Å². The maximum absolute atomic E-state index is 3.34. The van der Waals surface area contributed by atoms with Crippen molar-refractivity contribution in [2.24, 2.45) is 0 Å². The zero-order valence-electron chi connectivity index (χ0n) is 8.44. The van der Waals surface area contributed by atoms with Crippen LogP contribution >= 0.6 is 0 Å². The molecule has 0 aromatic carbocycles. The Morgan fingerprint density at radius 2 is 1.92 bits per heavy atom. The minimum absolute atomic E-state index is 1.08. The zero-order valence-corrected chi connectivity index (χ0v) is 8.44. The molecule has 0 spiro atoms. The first-order chi connectivity index (χ1) is 6.20. The minimum Gasteiger partial charge on any atom is -0.361 e. The van der Waals surface area contributed by atoms with Crippen molar-refractivity contribution in [2.45, 2.75) is 27.2 Å². The average Bonchev–Trinajstić information content (AvgIpc) is 2.62. The molecule has 1 heterocycles. The van der Waals surface area contributed by atoms with Crippen LogP contribution in [0.25, 0.3) is 5.57 Å². The number of allylic oxidation sites excluding steroid dienone is 4. The molecule has 0 amide bonds. The molecule has 2 rings (SSSR count). The number of aromatic amines is 1. The lowest BCUT2D eigenvalue weighted by atomic mass is 10.0. The van der Waals surface area contributed by atoms with Crippen LogP contribution in [0.5, 0.6) is 0 Å². The van der Waals surface area contributed by atoms with Gasteiger partial charge in [0.25, 0.3) is 0 Å². The van der Waals surface area contributed by atoms with E-state index in [0.717, 1.165) is 6.42 Å². The maximum Gasteiger partial charge on any atom is 0.0485 e. The van der Waals surface area contributed by atoms with E-state index in [-0.39, 0.29) is 0 Å². The minimum atomic E-state index is 1.08. The number of nitrogens with one attached hydrogen (secondary N) is 1. The van der Waals surface area contributed by atoms with Crippen LogP contribution in [0.1, 0.15) is 30.2 Å². The van der Waals surface area contributed by atoms with E-state index in [2.05, 4.69) is 44.1 Å². The predicted molar refractivity (Wildman–Crippen MR) is 56.6 cm³/mol. The molecule has 68 valence electrons. The number of aromatic nitrogens is 1. The second-order valence-corrected chi connectivity index (χ2v) is 3.71. The topological polar surface area (TPSA) is 15.8 Å². The molecule has 1 nitrogen and oxygen atoms in total. The van der Waals surface area contributed by atoms with Crippen molar-refractivity contribution in [3.8, 4) is 0 Å². The number of H-pyrrole nitrogens is 1. The first-order valence-electron chi connectivity index (χ1n) is 4.72. The molecule has 0 unspecified atom stereocenters. The highest BCUT2D eigenvalue weighted by Crippen LogP contribution is 2.30. The molecular weight excluding hydrogens is 158 g/mol. The smallest absolute Gasteiger partial charge is 0.0485 e. The Hall–Kier alpha value is -1.24. The fourth-order valence-electron chi connectivity index (χ4n) is 1.80. The third kappa shape index (κ3) is 1.24. The molecule has 0 atom stereocenters. The lowest BCUT2D eigenvalue weighted by Gasteiger charge is -2.03. The quantitative estimate of drug-likeness (QED) is 0.670. The van der Waals surface area contributed by atoms with Crippen molar-refractivity contribution in [2.75, 3.05) is 0 Å². The molecule has 0 aliphatic heterocycles. The monoisotopic (exact) mass is 173 g/mol. The molecule has 1 aromatic heterocycles. The summed E-state index contributed by atoms with van der Waals surface area (Å²) in [5, 5.41) is 0. The second kappa shape index (κ2) is 2.91. The van der Waals surface area contributed by atoms with Crippen LogP contribution in [0.15, 0.2) is 23.9 Å². The Morgan fingerprint density at radius 3 is 2.38 bits per heavy atom. The van der Waals surface area contributed by atoms with Gasteiger partial charge < -0.3 is 4.98 Å². The van der Waals surface area contributed by atoms with Crippen LogP contribution in [-0.2, 0) is 0 Å². The van der Waals surface area contributed by atoms with Gasteiger partial charge in [0.15, 0.2) is 0 Å². The van der Waals surface area contributed by atoms with E-state index in [1.54, 1.807) is 0 Å². The summed E-state index contributed by atoms with van der Waals surface area (Å²) < 4.78 is 0. The Labute approximate surface area is 79.2 Å². The van der Waals surface area contributed by atoms with Crippen molar-refractivity contribution < 1.29 is 0 Å². The molecule has 0 bridgehead atoms. The van der Waals surface area contributed by atoms with Gasteiger partial charge in [-0.15, -0.1) is 0 Å². The average molecular weight is 173 g/mol. The fraction of sp³-hybridized carbons (Fsp3) is 0.333. The van der Waals surface area contributed by atoms with Crippen LogP contribution in [-0.4, -0.2) is 4.98 Å². The molecule has 0 radical (unpaired) electrons. The predicted octanol–water partition coefficient (Wildman–Crippen LogP) is 3.36. The summed E-state index contributed by atoms with van der Waals surface area (Å²) >= 11 is 0. The van der Waals surface area contributed by atoms with Gasteiger partial charge in [-0.05, 0) is 49.5 Å². The molecule has 1 aliphatic rings. The number of hydrogen-bond acceptors (Lipinski definition) is 0. The highest BCUT2D eigenvalue weighted by atomic mass is 14.7. The van der Waals surface area contributed by atoms with Crippen molar-refractivity contribution in [3.63, 3.8) is 0 Å². The van der Waals surface area contributed by atoms with Gasteiger partial charge >= 0.3 is 0 Å². The van der Waals surface area contributed by atoms with Crippen molar-refractivity contribution in [3.05, 3.63) is 40.7 Å². The Balaban J connectivity index is 2.47. The number of aryl methyl sites for hydroxylation is 1. The third-order valence-electron chi connectivity index (χ3n) is 2.84. The Bertz CT molecular complexity index is 391. The fourth-order valence-corrected chi connectivity index (χ4v) is 1.80. The van der Waals surface area contributed by atoms with E-state index < -0.39 is 0 Å². The lowest BCUT2D eigenvalue weighted by Crippen LogP contribution is -1.86. The van der Waals surface area contributed by atoms with Gasteiger partial charge in [-0.3, -0.25) is 0 Å². The molecular formula is C12H15N. The molecule has 13 heavy (non-hydrogen) atoms. The van der Waals surface area contributed by atoms with Gasteiger partial charge in [-0.1, -0.05) is 12.2 Å². The third-order valence-corrected chi connectivity index (χ3v) is 2.84. The van der Waals surface area contributed by atoms with Crippen molar-refractivity contribution in [1.29, 1.82) is 0 Å². The van der Waals surface area contributed by atoms with E-state index in [9.17, 15) is 0 Å². The van der Waals surface area contributed by atoms with Crippen LogP contribution < -0.4 is 0 Å².